The van der Waals surface area contributed by atoms with E-state index < -0.39 is 0 Å². The summed E-state index contributed by atoms with van der Waals surface area (Å²) in [5.41, 5.74) is 1.39. The number of fused-ring (bicyclic) bond motifs is 2. The maximum Gasteiger partial charge on any atom is 0.153 e. The average molecular weight is 373 g/mol. The number of aryl methyl sites for hydroxylation is 1. The molecule has 1 aromatic heterocycles. The number of nitrogens with one attached hydrogen (secondary N) is 1. The van der Waals surface area contributed by atoms with E-state index in [-0.39, 0.29) is 0 Å². The first kappa shape index (κ1) is 17.9. The summed E-state index contributed by atoms with van der Waals surface area (Å²) in [5, 5.41) is 8.65. The molecule has 6 heteroatoms. The van der Waals surface area contributed by atoms with Gasteiger partial charge in [0.15, 0.2) is 5.82 Å². The van der Waals surface area contributed by atoms with Gasteiger partial charge in [-0.25, -0.2) is 9.67 Å². The first-order valence-electron chi connectivity index (χ1n) is 9.64. The van der Waals surface area contributed by atoms with Crippen molar-refractivity contribution < 1.29 is 4.74 Å². The van der Waals surface area contributed by atoms with Crippen molar-refractivity contribution in [3.63, 3.8) is 0 Å². The Balaban J connectivity index is 1.52. The molecule has 140 valence electrons. The predicted molar refractivity (Wildman–Crippen MR) is 105 cm³/mol. The van der Waals surface area contributed by atoms with Gasteiger partial charge in [0.05, 0.1) is 13.7 Å². The van der Waals surface area contributed by atoms with Crippen LogP contribution in [0.4, 0.5) is 0 Å². The van der Waals surface area contributed by atoms with Crippen molar-refractivity contribution in [2.75, 3.05) is 12.9 Å². The summed E-state index contributed by atoms with van der Waals surface area (Å²) in [6.45, 7) is 5.23. The molecule has 0 saturated heterocycles. The van der Waals surface area contributed by atoms with E-state index in [9.17, 15) is 0 Å². The predicted octanol–water partition coefficient (Wildman–Crippen LogP) is 3.94. The molecule has 2 aliphatic rings. The molecule has 2 aromatic rings. The fourth-order valence-electron chi connectivity index (χ4n) is 3.85. The Bertz CT molecular complexity index is 773. The van der Waals surface area contributed by atoms with Crippen molar-refractivity contribution in [1.82, 2.24) is 20.1 Å². The largest absolute Gasteiger partial charge is 0.497 e. The topological polar surface area (TPSA) is 52.0 Å². The number of hydrogen-bond acceptors (Lipinski definition) is 5. The second kappa shape index (κ2) is 7.61. The van der Waals surface area contributed by atoms with E-state index in [2.05, 4.69) is 42.0 Å². The second-order valence-electron chi connectivity index (χ2n) is 7.57. The van der Waals surface area contributed by atoms with Gasteiger partial charge in [0.2, 0.25) is 0 Å². The van der Waals surface area contributed by atoms with Crippen molar-refractivity contribution in [2.45, 2.75) is 69.0 Å². The summed E-state index contributed by atoms with van der Waals surface area (Å²) in [7, 11) is 1.74. The lowest BCUT2D eigenvalue weighted by atomic mass is 9.99. The van der Waals surface area contributed by atoms with Crippen LogP contribution < -0.4 is 10.1 Å². The van der Waals surface area contributed by atoms with Gasteiger partial charge in [0.1, 0.15) is 11.6 Å². The van der Waals surface area contributed by atoms with Crippen LogP contribution in [-0.4, -0.2) is 33.7 Å². The molecule has 4 rings (SSSR count). The maximum absolute atomic E-state index is 5.47. The lowest BCUT2D eigenvalue weighted by Gasteiger charge is -2.29. The molecule has 0 spiro atoms. The minimum atomic E-state index is 0.384. The van der Waals surface area contributed by atoms with Gasteiger partial charge in [-0.1, -0.05) is 13.8 Å². The molecule has 1 N–H and O–H groups in total. The van der Waals surface area contributed by atoms with E-state index in [0.717, 1.165) is 36.8 Å². The maximum atomic E-state index is 5.47. The first-order chi connectivity index (χ1) is 12.6. The molecule has 2 unspecified atom stereocenters. The van der Waals surface area contributed by atoms with Crippen molar-refractivity contribution in [2.24, 2.45) is 0 Å². The van der Waals surface area contributed by atoms with Crippen LogP contribution >= 0.6 is 11.8 Å². The van der Waals surface area contributed by atoms with Gasteiger partial charge in [-0.15, -0.1) is 11.8 Å². The molecular weight excluding hydrogens is 344 g/mol. The highest BCUT2D eigenvalue weighted by Crippen LogP contribution is 2.37. The van der Waals surface area contributed by atoms with Gasteiger partial charge in [-0.2, -0.15) is 5.10 Å². The van der Waals surface area contributed by atoms with Gasteiger partial charge < -0.3 is 10.1 Å². The van der Waals surface area contributed by atoms with Gasteiger partial charge in [-0.05, 0) is 48.8 Å². The molecule has 0 saturated carbocycles. The molecule has 0 bridgehead atoms. The SMILES string of the molecule is COc1ccc2c(c1)C(NC1CCc3nc(C(C)C)nn3C1)CCCS2. The number of nitrogens with zero attached hydrogens (tertiary/aromatic N) is 3. The van der Waals surface area contributed by atoms with Crippen LogP contribution in [0, 0.1) is 0 Å². The zero-order valence-electron chi connectivity index (χ0n) is 15.9. The zero-order chi connectivity index (χ0) is 18.1. The highest BCUT2D eigenvalue weighted by atomic mass is 32.2. The number of benzene rings is 1. The second-order valence-corrected chi connectivity index (χ2v) is 8.71. The van der Waals surface area contributed by atoms with Gasteiger partial charge >= 0.3 is 0 Å². The molecule has 1 aromatic carbocycles. The molecule has 5 nitrogen and oxygen atoms in total. The van der Waals surface area contributed by atoms with Crippen molar-refractivity contribution in [3.05, 3.63) is 35.4 Å². The van der Waals surface area contributed by atoms with Gasteiger partial charge in [0, 0.05) is 29.3 Å². The Kier molecular flexibility index (Phi) is 5.23. The first-order valence-corrected chi connectivity index (χ1v) is 10.6. The number of aromatic nitrogens is 3. The Labute approximate surface area is 159 Å². The summed E-state index contributed by atoms with van der Waals surface area (Å²) in [6.07, 6.45) is 4.53. The van der Waals surface area contributed by atoms with E-state index in [0.29, 0.717) is 18.0 Å². The summed E-state index contributed by atoms with van der Waals surface area (Å²) >= 11 is 1.97. The Hall–Kier alpha value is -1.53. The summed E-state index contributed by atoms with van der Waals surface area (Å²) in [5.74, 6) is 4.64. The summed E-state index contributed by atoms with van der Waals surface area (Å²) < 4.78 is 7.59. The zero-order valence-corrected chi connectivity index (χ0v) is 16.7. The van der Waals surface area contributed by atoms with Crippen molar-refractivity contribution >= 4 is 11.8 Å². The van der Waals surface area contributed by atoms with Crippen LogP contribution in [0.5, 0.6) is 5.75 Å². The molecule has 2 atom stereocenters. The highest BCUT2D eigenvalue weighted by Gasteiger charge is 2.27. The van der Waals surface area contributed by atoms with E-state index >= 15 is 0 Å². The third kappa shape index (κ3) is 3.62. The lowest BCUT2D eigenvalue weighted by Crippen LogP contribution is -2.40. The summed E-state index contributed by atoms with van der Waals surface area (Å²) in [6, 6.07) is 7.33. The monoisotopic (exact) mass is 372 g/mol. The molecule has 0 amide bonds. The Morgan fingerprint density at radius 1 is 1.31 bits per heavy atom. The number of ether oxygens (including phenoxy) is 1. The van der Waals surface area contributed by atoms with E-state index in [1.165, 1.54) is 29.1 Å². The molecule has 0 radical (unpaired) electrons. The van der Waals surface area contributed by atoms with Crippen LogP contribution in [0.15, 0.2) is 23.1 Å². The fraction of sp³-hybridized carbons (Fsp3) is 0.600. The van der Waals surface area contributed by atoms with Gasteiger partial charge in [-0.3, -0.25) is 0 Å². The fourth-order valence-corrected chi connectivity index (χ4v) is 4.91. The van der Waals surface area contributed by atoms with Crippen molar-refractivity contribution in [1.29, 1.82) is 0 Å². The smallest absolute Gasteiger partial charge is 0.153 e. The van der Waals surface area contributed by atoms with E-state index in [1.807, 2.05) is 11.8 Å². The number of rotatable bonds is 4. The average Bonchev–Trinajstić information content (AvgIpc) is 2.98. The third-order valence-electron chi connectivity index (χ3n) is 5.31. The molecule has 0 fully saturated rings. The number of hydrogen-bond donors (Lipinski definition) is 1. The van der Waals surface area contributed by atoms with E-state index in [1.54, 1.807) is 7.11 Å². The number of thioether (sulfide) groups is 1. The lowest BCUT2D eigenvalue weighted by molar-refractivity contribution is 0.317. The van der Waals surface area contributed by atoms with Crippen LogP contribution in [0.2, 0.25) is 0 Å². The molecule has 2 aliphatic heterocycles. The normalized spacial score (nSPS) is 22.6. The van der Waals surface area contributed by atoms with Crippen molar-refractivity contribution in [3.8, 4) is 5.75 Å². The van der Waals surface area contributed by atoms with Crippen LogP contribution in [0.1, 0.15) is 62.3 Å². The molecule has 3 heterocycles. The van der Waals surface area contributed by atoms with E-state index in [4.69, 9.17) is 14.8 Å². The minimum Gasteiger partial charge on any atom is -0.497 e. The molecule has 0 aliphatic carbocycles. The standard InChI is InChI=1S/C20H28N4OS/c1-13(2)20-22-19-9-6-14(12-24(19)23-20)21-17-5-4-10-26-18-8-7-15(25-3)11-16(17)18/h7-8,11,13-14,17,21H,4-6,9-10,12H2,1-3H3. The minimum absolute atomic E-state index is 0.384. The molecule has 26 heavy (non-hydrogen) atoms. The van der Waals surface area contributed by atoms with Gasteiger partial charge in [0.25, 0.3) is 0 Å². The summed E-state index contributed by atoms with van der Waals surface area (Å²) in [4.78, 5) is 6.10. The molecular formula is C20H28N4OS. The van der Waals surface area contributed by atoms with Crippen LogP contribution in [-0.2, 0) is 13.0 Å². The Morgan fingerprint density at radius 2 is 2.19 bits per heavy atom. The third-order valence-corrected chi connectivity index (χ3v) is 6.49. The highest BCUT2D eigenvalue weighted by molar-refractivity contribution is 7.99. The Morgan fingerprint density at radius 3 is 3.00 bits per heavy atom. The quantitative estimate of drug-likeness (QED) is 0.881. The number of methoxy groups -OCH3 is 1. The van der Waals surface area contributed by atoms with Crippen LogP contribution in [0.25, 0.3) is 0 Å². The van der Waals surface area contributed by atoms with Crippen LogP contribution in [0.3, 0.4) is 0 Å².